The maximum absolute atomic E-state index is 11.4. The van der Waals surface area contributed by atoms with Gasteiger partial charge in [-0.3, -0.25) is 0 Å². The van der Waals surface area contributed by atoms with Crippen LogP contribution in [0.3, 0.4) is 0 Å². The Morgan fingerprint density at radius 2 is 2.32 bits per heavy atom. The number of nitrogens with two attached hydrogens (primary N) is 1. The van der Waals surface area contributed by atoms with Gasteiger partial charge in [-0.1, -0.05) is 5.16 Å². The Kier molecular flexibility index (Phi) is 2.86. The van der Waals surface area contributed by atoms with Gasteiger partial charge < -0.3 is 10.3 Å². The number of hydrogen-bond acceptors (Lipinski definition) is 7. The van der Waals surface area contributed by atoms with Gasteiger partial charge in [0, 0.05) is 5.92 Å². The number of aromatic nitrogens is 2. The summed E-state index contributed by atoms with van der Waals surface area (Å²) >= 11 is 1.45. The van der Waals surface area contributed by atoms with Crippen LogP contribution in [-0.4, -0.2) is 30.1 Å². The van der Waals surface area contributed by atoms with E-state index in [9.17, 15) is 8.42 Å². The van der Waals surface area contributed by atoms with Crippen molar-refractivity contribution in [1.82, 2.24) is 10.1 Å². The van der Waals surface area contributed by atoms with Crippen LogP contribution in [0.25, 0.3) is 10.8 Å². The minimum absolute atomic E-state index is 0.102. The Morgan fingerprint density at radius 1 is 1.53 bits per heavy atom. The Bertz CT molecular complexity index is 717. The van der Waals surface area contributed by atoms with Crippen LogP contribution in [0.15, 0.2) is 9.90 Å². The number of aryl methyl sites for hydroxylation is 1. The highest BCUT2D eigenvalue weighted by atomic mass is 32.2. The molecule has 19 heavy (non-hydrogen) atoms. The normalized spacial score (nSPS) is 21.8. The van der Waals surface area contributed by atoms with E-state index in [1.165, 1.54) is 11.3 Å². The van der Waals surface area contributed by atoms with Gasteiger partial charge in [-0.25, -0.2) is 8.42 Å². The fraction of sp³-hybridized carbons (Fsp3) is 0.455. The molecule has 0 saturated carbocycles. The highest BCUT2D eigenvalue weighted by Crippen LogP contribution is 2.35. The first-order chi connectivity index (χ1) is 8.96. The number of anilines is 1. The van der Waals surface area contributed by atoms with Gasteiger partial charge in [-0.2, -0.15) is 4.98 Å². The smallest absolute Gasteiger partial charge is 0.270 e. The van der Waals surface area contributed by atoms with Gasteiger partial charge >= 0.3 is 0 Å². The van der Waals surface area contributed by atoms with E-state index in [1.54, 1.807) is 0 Å². The molecule has 0 aliphatic carbocycles. The van der Waals surface area contributed by atoms with Gasteiger partial charge in [0.05, 0.1) is 17.2 Å². The van der Waals surface area contributed by atoms with Gasteiger partial charge in [-0.05, 0) is 24.3 Å². The van der Waals surface area contributed by atoms with Crippen molar-refractivity contribution in [2.45, 2.75) is 19.3 Å². The number of thiophene rings is 1. The van der Waals surface area contributed by atoms with Crippen LogP contribution in [0.2, 0.25) is 0 Å². The standard InChI is InChI=1S/C11H13N3O3S2/c1-6-4-18-9(8(6)12)11-13-10(14-17-11)7-2-3-19(15,16)5-7/h4,7H,2-3,5,12H2,1H3. The fourth-order valence-electron chi connectivity index (χ4n) is 2.11. The highest BCUT2D eigenvalue weighted by molar-refractivity contribution is 7.91. The zero-order valence-electron chi connectivity index (χ0n) is 10.3. The van der Waals surface area contributed by atoms with Crippen LogP contribution in [0.1, 0.15) is 23.7 Å². The summed E-state index contributed by atoms with van der Waals surface area (Å²) in [6.07, 6.45) is 0.556. The molecule has 1 unspecified atom stereocenters. The van der Waals surface area contributed by atoms with Crippen LogP contribution in [0.4, 0.5) is 5.69 Å². The lowest BCUT2D eigenvalue weighted by Gasteiger charge is -1.98. The summed E-state index contributed by atoms with van der Waals surface area (Å²) in [7, 11) is -2.95. The lowest BCUT2D eigenvalue weighted by Crippen LogP contribution is -2.05. The Hall–Kier alpha value is -1.41. The van der Waals surface area contributed by atoms with Crippen LogP contribution in [-0.2, 0) is 9.84 Å². The average molecular weight is 299 g/mol. The van der Waals surface area contributed by atoms with Gasteiger partial charge in [0.25, 0.3) is 5.89 Å². The lowest BCUT2D eigenvalue weighted by molar-refractivity contribution is 0.418. The number of sulfone groups is 1. The Morgan fingerprint density at radius 3 is 2.89 bits per heavy atom. The molecule has 0 amide bonds. The predicted molar refractivity (Wildman–Crippen MR) is 72.8 cm³/mol. The lowest BCUT2D eigenvalue weighted by atomic mass is 10.1. The minimum atomic E-state index is -2.95. The van der Waals surface area contributed by atoms with E-state index in [2.05, 4.69) is 10.1 Å². The Labute approximate surface area is 114 Å². The van der Waals surface area contributed by atoms with Gasteiger partial charge in [-0.15, -0.1) is 11.3 Å². The first-order valence-electron chi connectivity index (χ1n) is 5.84. The van der Waals surface area contributed by atoms with E-state index in [1.807, 2.05) is 12.3 Å². The molecular formula is C11H13N3O3S2. The maximum atomic E-state index is 11.4. The monoisotopic (exact) mass is 299 g/mol. The van der Waals surface area contributed by atoms with Gasteiger partial charge in [0.2, 0.25) is 0 Å². The molecule has 1 aliphatic rings. The first-order valence-corrected chi connectivity index (χ1v) is 8.54. The van der Waals surface area contributed by atoms with Crippen molar-refractivity contribution in [3.8, 4) is 10.8 Å². The van der Waals surface area contributed by atoms with Crippen molar-refractivity contribution in [2.24, 2.45) is 0 Å². The van der Waals surface area contributed by atoms with Crippen molar-refractivity contribution in [1.29, 1.82) is 0 Å². The molecule has 1 fully saturated rings. The number of hydrogen-bond donors (Lipinski definition) is 1. The van der Waals surface area contributed by atoms with Crippen LogP contribution < -0.4 is 5.73 Å². The van der Waals surface area contributed by atoms with Crippen molar-refractivity contribution in [2.75, 3.05) is 17.2 Å². The molecule has 2 aromatic rings. The molecular weight excluding hydrogens is 286 g/mol. The zero-order valence-corrected chi connectivity index (χ0v) is 11.9. The molecule has 2 aromatic heterocycles. The molecule has 0 aromatic carbocycles. The number of nitrogen functional groups attached to an aromatic ring is 1. The van der Waals surface area contributed by atoms with E-state index in [0.29, 0.717) is 23.8 Å². The molecule has 3 rings (SSSR count). The third kappa shape index (κ3) is 2.25. The highest BCUT2D eigenvalue weighted by Gasteiger charge is 2.32. The van der Waals surface area contributed by atoms with E-state index in [0.717, 1.165) is 10.4 Å². The molecule has 3 heterocycles. The molecule has 102 valence electrons. The average Bonchev–Trinajstić information content (AvgIpc) is 3.01. The second kappa shape index (κ2) is 4.31. The van der Waals surface area contributed by atoms with Crippen molar-refractivity contribution in [3.05, 3.63) is 16.8 Å². The van der Waals surface area contributed by atoms with Crippen LogP contribution in [0.5, 0.6) is 0 Å². The Balaban J connectivity index is 1.90. The number of nitrogens with zero attached hydrogens (tertiary/aromatic N) is 2. The second-order valence-electron chi connectivity index (χ2n) is 4.72. The second-order valence-corrected chi connectivity index (χ2v) is 7.83. The molecule has 1 saturated heterocycles. The molecule has 2 N–H and O–H groups in total. The molecule has 1 atom stereocenters. The number of rotatable bonds is 2. The summed E-state index contributed by atoms with van der Waals surface area (Å²) in [5.41, 5.74) is 7.54. The van der Waals surface area contributed by atoms with E-state index in [-0.39, 0.29) is 17.4 Å². The summed E-state index contributed by atoms with van der Waals surface area (Å²) in [6, 6.07) is 0. The summed E-state index contributed by atoms with van der Waals surface area (Å²) in [4.78, 5) is 5.04. The molecule has 0 bridgehead atoms. The summed E-state index contributed by atoms with van der Waals surface area (Å²) in [5, 5.41) is 5.82. The summed E-state index contributed by atoms with van der Waals surface area (Å²) < 4.78 is 28.1. The third-order valence-electron chi connectivity index (χ3n) is 3.26. The van der Waals surface area contributed by atoms with Crippen molar-refractivity contribution >= 4 is 26.9 Å². The SMILES string of the molecule is Cc1csc(-c2nc(C3CCS(=O)(=O)C3)no2)c1N. The fourth-order valence-corrected chi connectivity index (χ4v) is 4.74. The minimum Gasteiger partial charge on any atom is -0.397 e. The van der Waals surface area contributed by atoms with E-state index < -0.39 is 9.84 Å². The van der Waals surface area contributed by atoms with Gasteiger partial charge in [0.15, 0.2) is 15.7 Å². The molecule has 0 radical (unpaired) electrons. The zero-order chi connectivity index (χ0) is 13.6. The first kappa shape index (κ1) is 12.6. The van der Waals surface area contributed by atoms with Crippen LogP contribution >= 0.6 is 11.3 Å². The topological polar surface area (TPSA) is 99.1 Å². The van der Waals surface area contributed by atoms with E-state index in [4.69, 9.17) is 10.3 Å². The molecule has 8 heteroatoms. The predicted octanol–water partition coefficient (Wildman–Crippen LogP) is 1.59. The van der Waals surface area contributed by atoms with Crippen molar-refractivity contribution in [3.63, 3.8) is 0 Å². The van der Waals surface area contributed by atoms with Crippen molar-refractivity contribution < 1.29 is 12.9 Å². The van der Waals surface area contributed by atoms with E-state index >= 15 is 0 Å². The quantitative estimate of drug-likeness (QED) is 0.904. The van der Waals surface area contributed by atoms with Gasteiger partial charge in [0.1, 0.15) is 4.88 Å². The van der Waals surface area contributed by atoms with Crippen LogP contribution in [0, 0.1) is 6.92 Å². The molecule has 0 spiro atoms. The molecule has 1 aliphatic heterocycles. The summed E-state index contributed by atoms with van der Waals surface area (Å²) in [6.45, 7) is 1.91. The largest absolute Gasteiger partial charge is 0.397 e. The molecule has 6 nitrogen and oxygen atoms in total. The summed E-state index contributed by atoms with van der Waals surface area (Å²) in [5.74, 6) is 0.966. The third-order valence-corrected chi connectivity index (χ3v) is 6.13. The maximum Gasteiger partial charge on any atom is 0.270 e.